The molecule has 3 N–H and O–H groups in total. The SMILES string of the molecule is CON1CC=Cc2c(C3(c4ccc(-c5cnc(N)nc5)cc4)CCC3)c[nH]c21. The summed E-state index contributed by atoms with van der Waals surface area (Å²) in [6.45, 7) is 0.759. The molecular weight excluding hydrogens is 350 g/mol. The van der Waals surface area contributed by atoms with Crippen molar-refractivity contribution in [3.05, 3.63) is 65.6 Å². The highest BCUT2D eigenvalue weighted by molar-refractivity contribution is 5.73. The lowest BCUT2D eigenvalue weighted by atomic mass is 9.60. The van der Waals surface area contributed by atoms with Crippen molar-refractivity contribution in [2.75, 3.05) is 24.5 Å². The second-order valence-electron chi connectivity index (χ2n) is 7.45. The fraction of sp³-hybridized carbons (Fsp3) is 0.273. The number of hydrogen-bond acceptors (Lipinski definition) is 5. The van der Waals surface area contributed by atoms with Gasteiger partial charge in [-0.1, -0.05) is 42.8 Å². The number of nitrogen functional groups attached to an aromatic ring is 1. The van der Waals surface area contributed by atoms with Crippen LogP contribution in [0.3, 0.4) is 0 Å². The summed E-state index contributed by atoms with van der Waals surface area (Å²) in [6, 6.07) is 8.79. The Bertz CT molecular complexity index is 1020. The van der Waals surface area contributed by atoms with Gasteiger partial charge in [-0.05, 0) is 29.5 Å². The van der Waals surface area contributed by atoms with E-state index in [9.17, 15) is 0 Å². The topological polar surface area (TPSA) is 80.1 Å². The van der Waals surface area contributed by atoms with Gasteiger partial charge in [0.1, 0.15) is 5.82 Å². The van der Waals surface area contributed by atoms with E-state index in [1.54, 1.807) is 19.5 Å². The number of H-pyrrole nitrogens is 1. The Balaban J connectivity index is 1.52. The standard InChI is InChI=1S/C22H23N5O/c1-28-27-11-2-4-18-19(14-24-20(18)27)22(9-3-10-22)17-7-5-15(6-8-17)16-12-25-21(23)26-13-16/h2,4-8,12-14,24H,3,9-11H2,1H3,(H2,23,25,26). The van der Waals surface area contributed by atoms with Gasteiger partial charge < -0.3 is 10.7 Å². The lowest BCUT2D eigenvalue weighted by molar-refractivity contribution is 0.172. The number of nitrogens with two attached hydrogens (primary N) is 1. The average molecular weight is 373 g/mol. The summed E-state index contributed by atoms with van der Waals surface area (Å²) in [5, 5.41) is 1.90. The molecule has 0 atom stereocenters. The number of anilines is 2. The summed E-state index contributed by atoms with van der Waals surface area (Å²) in [4.78, 5) is 17.1. The van der Waals surface area contributed by atoms with Crippen LogP contribution in [0.4, 0.5) is 11.8 Å². The van der Waals surface area contributed by atoms with Gasteiger partial charge in [-0.25, -0.2) is 15.0 Å². The molecule has 6 nitrogen and oxygen atoms in total. The number of nitrogens with zero attached hydrogens (tertiary/aromatic N) is 3. The molecule has 0 bridgehead atoms. The molecule has 1 aliphatic carbocycles. The minimum Gasteiger partial charge on any atom is -0.368 e. The van der Waals surface area contributed by atoms with E-state index in [0.717, 1.165) is 36.3 Å². The Kier molecular flexibility index (Phi) is 3.94. The van der Waals surface area contributed by atoms with E-state index >= 15 is 0 Å². The number of fused-ring (bicyclic) bond motifs is 1. The van der Waals surface area contributed by atoms with Gasteiger partial charge >= 0.3 is 0 Å². The van der Waals surface area contributed by atoms with Crippen molar-refractivity contribution in [2.45, 2.75) is 24.7 Å². The molecule has 3 aromatic rings. The number of hydroxylamine groups is 1. The monoisotopic (exact) mass is 373 g/mol. The summed E-state index contributed by atoms with van der Waals surface area (Å²) in [7, 11) is 1.71. The van der Waals surface area contributed by atoms with Crippen LogP contribution < -0.4 is 10.8 Å². The van der Waals surface area contributed by atoms with Crippen molar-refractivity contribution in [1.82, 2.24) is 15.0 Å². The van der Waals surface area contributed by atoms with Gasteiger partial charge in [0.15, 0.2) is 0 Å². The first-order chi connectivity index (χ1) is 13.7. The third kappa shape index (κ3) is 2.52. The van der Waals surface area contributed by atoms with E-state index in [-0.39, 0.29) is 5.41 Å². The van der Waals surface area contributed by atoms with Crippen LogP contribution in [-0.2, 0) is 10.3 Å². The van der Waals surface area contributed by atoms with Gasteiger partial charge in [0, 0.05) is 35.1 Å². The van der Waals surface area contributed by atoms with Crippen LogP contribution in [-0.4, -0.2) is 28.6 Å². The van der Waals surface area contributed by atoms with Crippen LogP contribution in [0.2, 0.25) is 0 Å². The van der Waals surface area contributed by atoms with E-state index in [2.05, 4.69) is 57.6 Å². The van der Waals surface area contributed by atoms with Gasteiger partial charge in [0.2, 0.25) is 5.95 Å². The molecule has 2 aliphatic rings. The van der Waals surface area contributed by atoms with Crippen molar-refractivity contribution in [2.24, 2.45) is 0 Å². The fourth-order valence-corrected chi connectivity index (χ4v) is 4.43. The molecule has 1 saturated carbocycles. The van der Waals surface area contributed by atoms with Crippen molar-refractivity contribution < 1.29 is 4.84 Å². The highest BCUT2D eigenvalue weighted by atomic mass is 16.7. The summed E-state index contributed by atoms with van der Waals surface area (Å²) in [6.07, 6.45) is 13.6. The van der Waals surface area contributed by atoms with E-state index in [0.29, 0.717) is 5.95 Å². The summed E-state index contributed by atoms with van der Waals surface area (Å²) < 4.78 is 0. The summed E-state index contributed by atoms with van der Waals surface area (Å²) in [5.74, 6) is 1.34. The first-order valence-corrected chi connectivity index (χ1v) is 9.60. The molecular formula is C22H23N5O. The Morgan fingerprint density at radius 1 is 1.11 bits per heavy atom. The number of benzene rings is 1. The predicted molar refractivity (Wildman–Crippen MR) is 111 cm³/mol. The molecule has 1 aliphatic heterocycles. The van der Waals surface area contributed by atoms with Crippen LogP contribution in [0, 0.1) is 0 Å². The molecule has 28 heavy (non-hydrogen) atoms. The number of nitrogens with one attached hydrogen (secondary N) is 1. The molecule has 0 unspecified atom stereocenters. The van der Waals surface area contributed by atoms with Crippen LogP contribution in [0.15, 0.2) is 48.9 Å². The third-order valence-corrected chi connectivity index (χ3v) is 6.09. The molecule has 5 rings (SSSR count). The molecule has 0 radical (unpaired) electrons. The van der Waals surface area contributed by atoms with Crippen molar-refractivity contribution in [1.29, 1.82) is 0 Å². The number of aromatic nitrogens is 3. The van der Waals surface area contributed by atoms with E-state index < -0.39 is 0 Å². The van der Waals surface area contributed by atoms with Crippen LogP contribution in [0.25, 0.3) is 17.2 Å². The molecule has 3 heterocycles. The highest BCUT2D eigenvalue weighted by Gasteiger charge is 2.43. The molecule has 0 spiro atoms. The van der Waals surface area contributed by atoms with E-state index in [1.165, 1.54) is 23.1 Å². The predicted octanol–water partition coefficient (Wildman–Crippen LogP) is 3.92. The molecule has 6 heteroatoms. The van der Waals surface area contributed by atoms with Gasteiger partial charge in [-0.15, -0.1) is 0 Å². The molecule has 1 fully saturated rings. The summed E-state index contributed by atoms with van der Waals surface area (Å²) in [5.41, 5.74) is 11.7. The molecule has 1 aromatic carbocycles. The van der Waals surface area contributed by atoms with Crippen molar-refractivity contribution >= 4 is 17.8 Å². The third-order valence-electron chi connectivity index (χ3n) is 6.09. The summed E-state index contributed by atoms with van der Waals surface area (Å²) >= 11 is 0. The largest absolute Gasteiger partial charge is 0.368 e. The minimum atomic E-state index is 0.0569. The maximum absolute atomic E-state index is 5.60. The van der Waals surface area contributed by atoms with Crippen LogP contribution in [0.1, 0.15) is 36.0 Å². The van der Waals surface area contributed by atoms with Gasteiger partial charge in [-0.2, -0.15) is 0 Å². The Morgan fingerprint density at radius 2 is 1.86 bits per heavy atom. The zero-order chi connectivity index (χ0) is 19.1. The second kappa shape index (κ2) is 6.49. The second-order valence-corrected chi connectivity index (χ2v) is 7.45. The lowest BCUT2D eigenvalue weighted by Gasteiger charge is -2.43. The van der Waals surface area contributed by atoms with Gasteiger partial charge in [-0.3, -0.25) is 4.84 Å². The Hall–Kier alpha value is -3.12. The molecule has 0 amide bonds. The number of rotatable bonds is 4. The van der Waals surface area contributed by atoms with Crippen LogP contribution in [0.5, 0.6) is 0 Å². The first kappa shape index (κ1) is 17.0. The zero-order valence-corrected chi connectivity index (χ0v) is 15.9. The fourth-order valence-electron chi connectivity index (χ4n) is 4.43. The normalized spacial score (nSPS) is 17.2. The van der Waals surface area contributed by atoms with Crippen molar-refractivity contribution in [3.8, 4) is 11.1 Å². The average Bonchev–Trinajstić information content (AvgIpc) is 3.13. The number of aromatic amines is 1. The van der Waals surface area contributed by atoms with Gasteiger partial charge in [0.05, 0.1) is 13.7 Å². The molecule has 0 saturated heterocycles. The maximum Gasteiger partial charge on any atom is 0.219 e. The van der Waals surface area contributed by atoms with Crippen molar-refractivity contribution in [3.63, 3.8) is 0 Å². The van der Waals surface area contributed by atoms with Crippen LogP contribution >= 0.6 is 0 Å². The van der Waals surface area contributed by atoms with Gasteiger partial charge in [0.25, 0.3) is 0 Å². The zero-order valence-electron chi connectivity index (χ0n) is 15.9. The number of hydrogen-bond donors (Lipinski definition) is 2. The molecule has 142 valence electrons. The smallest absolute Gasteiger partial charge is 0.219 e. The minimum absolute atomic E-state index is 0.0569. The quantitative estimate of drug-likeness (QED) is 0.725. The van der Waals surface area contributed by atoms with E-state index in [1.807, 2.05) is 5.06 Å². The Morgan fingerprint density at radius 3 is 2.50 bits per heavy atom. The first-order valence-electron chi connectivity index (χ1n) is 9.60. The lowest BCUT2D eigenvalue weighted by Crippen LogP contribution is -2.36. The Labute approximate surface area is 164 Å². The molecule has 2 aromatic heterocycles. The van der Waals surface area contributed by atoms with E-state index in [4.69, 9.17) is 10.6 Å². The highest BCUT2D eigenvalue weighted by Crippen LogP contribution is 2.52. The maximum atomic E-state index is 5.60.